The van der Waals surface area contributed by atoms with Gasteiger partial charge >= 0.3 is 0 Å². The minimum absolute atomic E-state index is 0.174. The highest BCUT2D eigenvalue weighted by molar-refractivity contribution is 9.10. The molecule has 2 aromatic carbocycles. The van der Waals surface area contributed by atoms with Crippen LogP contribution in [0.25, 0.3) is 0 Å². The minimum Gasteiger partial charge on any atom is -0.478 e. The largest absolute Gasteiger partial charge is 0.478 e. The topological polar surface area (TPSA) is 75.7 Å². The van der Waals surface area contributed by atoms with Crippen molar-refractivity contribution < 1.29 is 17.9 Å². The molecule has 0 fully saturated rings. The maximum absolute atomic E-state index is 12.7. The summed E-state index contributed by atoms with van der Waals surface area (Å²) in [7, 11) is -3.46. The highest BCUT2D eigenvalue weighted by Gasteiger charge is 2.31. The average Bonchev–Trinajstić information content (AvgIpc) is 2.77. The van der Waals surface area contributed by atoms with Crippen molar-refractivity contribution in [3.05, 3.63) is 52.5 Å². The number of carbonyl (C=O) groups excluding carboxylic acids is 1. The Bertz CT molecular complexity index is 946. The SMILES string of the molecule is Cc1cc(NC(=O)C2CCN(S(C)(=O)=O)c3ccccc3O2)ccc1Br. The van der Waals surface area contributed by atoms with Gasteiger partial charge in [-0.05, 0) is 42.8 Å². The van der Waals surface area contributed by atoms with Gasteiger partial charge in [-0.3, -0.25) is 9.10 Å². The minimum atomic E-state index is -3.46. The zero-order valence-corrected chi connectivity index (χ0v) is 16.8. The van der Waals surface area contributed by atoms with Gasteiger partial charge in [-0.15, -0.1) is 0 Å². The number of amides is 1. The molecule has 0 radical (unpaired) electrons. The summed E-state index contributed by atoms with van der Waals surface area (Å²) in [5, 5.41) is 2.84. The lowest BCUT2D eigenvalue weighted by Gasteiger charge is -2.20. The quantitative estimate of drug-likeness (QED) is 0.797. The normalized spacial score (nSPS) is 17.0. The lowest BCUT2D eigenvalue weighted by atomic mass is 10.2. The third-order valence-corrected chi connectivity index (χ3v) is 6.19. The number of hydrogen-bond acceptors (Lipinski definition) is 4. The molecule has 1 unspecified atom stereocenters. The van der Waals surface area contributed by atoms with Gasteiger partial charge in [0.2, 0.25) is 10.0 Å². The van der Waals surface area contributed by atoms with Crippen molar-refractivity contribution in [3.8, 4) is 5.75 Å². The summed E-state index contributed by atoms with van der Waals surface area (Å²) in [5.74, 6) is 0.0689. The van der Waals surface area contributed by atoms with E-state index in [1.54, 1.807) is 30.3 Å². The van der Waals surface area contributed by atoms with Crippen LogP contribution < -0.4 is 14.4 Å². The molecule has 1 aliphatic rings. The Morgan fingerprint density at radius 2 is 2.00 bits per heavy atom. The summed E-state index contributed by atoms with van der Waals surface area (Å²) in [5.41, 5.74) is 2.11. The number of halogens is 1. The molecule has 6 nitrogen and oxygen atoms in total. The summed E-state index contributed by atoms with van der Waals surface area (Å²) in [6.45, 7) is 2.11. The lowest BCUT2D eigenvalue weighted by molar-refractivity contribution is -0.122. The molecule has 0 saturated heterocycles. The number of aryl methyl sites for hydroxylation is 1. The van der Waals surface area contributed by atoms with E-state index in [-0.39, 0.29) is 18.9 Å². The first-order valence-corrected chi connectivity index (χ1v) is 10.7. The van der Waals surface area contributed by atoms with Crippen LogP contribution in [0, 0.1) is 6.92 Å². The number of hydrogen-bond donors (Lipinski definition) is 1. The standard InChI is InChI=1S/C18H19BrN2O4S/c1-12-11-13(7-8-14(12)19)20-18(22)17-9-10-21(26(2,23)24)15-5-3-4-6-16(15)25-17/h3-8,11,17H,9-10H2,1-2H3,(H,20,22). The van der Waals surface area contributed by atoms with Crippen molar-refractivity contribution in [1.29, 1.82) is 0 Å². The van der Waals surface area contributed by atoms with E-state index < -0.39 is 16.1 Å². The molecule has 26 heavy (non-hydrogen) atoms. The predicted molar refractivity (Wildman–Crippen MR) is 105 cm³/mol. The van der Waals surface area contributed by atoms with Crippen LogP contribution >= 0.6 is 15.9 Å². The van der Waals surface area contributed by atoms with Crippen LogP contribution in [0.3, 0.4) is 0 Å². The van der Waals surface area contributed by atoms with E-state index >= 15 is 0 Å². The fraction of sp³-hybridized carbons (Fsp3) is 0.278. The third kappa shape index (κ3) is 4.02. The zero-order chi connectivity index (χ0) is 18.9. The number of fused-ring (bicyclic) bond motifs is 1. The van der Waals surface area contributed by atoms with Gasteiger partial charge in [-0.2, -0.15) is 0 Å². The van der Waals surface area contributed by atoms with Gasteiger partial charge in [-0.25, -0.2) is 8.42 Å². The molecule has 0 spiro atoms. The number of nitrogens with zero attached hydrogens (tertiary/aromatic N) is 1. The molecule has 0 bridgehead atoms. The number of nitrogens with one attached hydrogen (secondary N) is 1. The highest BCUT2D eigenvalue weighted by Crippen LogP contribution is 2.34. The third-order valence-electron chi connectivity index (χ3n) is 4.12. The number of para-hydroxylation sites is 2. The van der Waals surface area contributed by atoms with Gasteiger partial charge in [0.25, 0.3) is 5.91 Å². The van der Waals surface area contributed by atoms with Gasteiger partial charge in [0.05, 0.1) is 11.9 Å². The second kappa shape index (κ2) is 7.28. The molecule has 138 valence electrons. The first-order valence-electron chi connectivity index (χ1n) is 8.06. The maximum atomic E-state index is 12.7. The second-order valence-electron chi connectivity index (χ2n) is 6.15. The van der Waals surface area contributed by atoms with Crippen LogP contribution in [0.5, 0.6) is 5.75 Å². The summed E-state index contributed by atoms with van der Waals surface area (Å²) in [4.78, 5) is 12.7. The molecule has 2 aromatic rings. The molecule has 1 amide bonds. The molecule has 1 aliphatic heterocycles. The number of carbonyl (C=O) groups is 1. The Kier molecular flexibility index (Phi) is 5.24. The fourth-order valence-electron chi connectivity index (χ4n) is 2.80. The summed E-state index contributed by atoms with van der Waals surface area (Å²) < 4.78 is 32.3. The highest BCUT2D eigenvalue weighted by atomic mass is 79.9. The van der Waals surface area contributed by atoms with Gasteiger partial charge in [0.15, 0.2) is 6.10 Å². The molecule has 1 N–H and O–H groups in total. The van der Waals surface area contributed by atoms with Crippen molar-refractivity contribution in [3.63, 3.8) is 0 Å². The predicted octanol–water partition coefficient (Wildman–Crippen LogP) is 3.31. The van der Waals surface area contributed by atoms with E-state index in [4.69, 9.17) is 4.74 Å². The Balaban J connectivity index is 1.84. The molecule has 0 saturated carbocycles. The Hall–Kier alpha value is -2.06. The van der Waals surface area contributed by atoms with Crippen LogP contribution in [0.2, 0.25) is 0 Å². The van der Waals surface area contributed by atoms with E-state index in [9.17, 15) is 13.2 Å². The van der Waals surface area contributed by atoms with Gasteiger partial charge < -0.3 is 10.1 Å². The van der Waals surface area contributed by atoms with Crippen LogP contribution in [0.4, 0.5) is 11.4 Å². The van der Waals surface area contributed by atoms with Gasteiger partial charge in [-0.1, -0.05) is 28.1 Å². The Labute approximate surface area is 161 Å². The molecule has 1 atom stereocenters. The van der Waals surface area contributed by atoms with E-state index in [1.807, 2.05) is 19.1 Å². The first kappa shape index (κ1) is 18.7. The van der Waals surface area contributed by atoms with Gasteiger partial charge in [0.1, 0.15) is 5.75 Å². The van der Waals surface area contributed by atoms with Crippen molar-refractivity contribution in [1.82, 2.24) is 0 Å². The smallest absolute Gasteiger partial charge is 0.265 e. The van der Waals surface area contributed by atoms with Crippen molar-refractivity contribution in [2.45, 2.75) is 19.4 Å². The molecular weight excluding hydrogens is 420 g/mol. The molecular formula is C18H19BrN2O4S. The van der Waals surface area contributed by atoms with Crippen molar-refractivity contribution in [2.75, 3.05) is 22.4 Å². The number of anilines is 2. The first-order chi connectivity index (χ1) is 12.3. The van der Waals surface area contributed by atoms with Crippen LogP contribution in [-0.2, 0) is 14.8 Å². The second-order valence-corrected chi connectivity index (χ2v) is 8.91. The van der Waals surface area contributed by atoms with Gasteiger partial charge in [0, 0.05) is 23.1 Å². The zero-order valence-electron chi connectivity index (χ0n) is 14.4. The fourth-order valence-corrected chi connectivity index (χ4v) is 4.00. The molecule has 0 aliphatic carbocycles. The van der Waals surface area contributed by atoms with Crippen LogP contribution in [-0.4, -0.2) is 33.2 Å². The molecule has 0 aromatic heterocycles. The van der Waals surface area contributed by atoms with Crippen LogP contribution in [0.1, 0.15) is 12.0 Å². The monoisotopic (exact) mass is 438 g/mol. The number of rotatable bonds is 3. The van der Waals surface area contributed by atoms with E-state index in [1.165, 1.54) is 4.31 Å². The summed E-state index contributed by atoms with van der Waals surface area (Å²) in [6, 6.07) is 12.3. The van der Waals surface area contributed by atoms with Crippen molar-refractivity contribution in [2.24, 2.45) is 0 Å². The number of sulfonamides is 1. The molecule has 8 heteroatoms. The van der Waals surface area contributed by atoms with Crippen molar-refractivity contribution >= 4 is 43.2 Å². The lowest BCUT2D eigenvalue weighted by Crippen LogP contribution is -2.36. The van der Waals surface area contributed by atoms with E-state index in [0.29, 0.717) is 17.1 Å². The van der Waals surface area contributed by atoms with E-state index in [0.717, 1.165) is 16.3 Å². The number of benzene rings is 2. The molecule has 1 heterocycles. The van der Waals surface area contributed by atoms with E-state index in [2.05, 4.69) is 21.2 Å². The Morgan fingerprint density at radius 1 is 1.27 bits per heavy atom. The summed E-state index contributed by atoms with van der Waals surface area (Å²) >= 11 is 3.43. The number of ether oxygens (including phenoxy) is 1. The maximum Gasteiger partial charge on any atom is 0.265 e. The van der Waals surface area contributed by atoms with Crippen LogP contribution in [0.15, 0.2) is 46.9 Å². The average molecular weight is 439 g/mol. The Morgan fingerprint density at radius 3 is 2.69 bits per heavy atom. The molecule has 3 rings (SSSR count). The summed E-state index contributed by atoms with van der Waals surface area (Å²) in [6.07, 6.45) is 0.615.